The molecule has 16 N–H and O–H groups in total. The molecule has 1 rings (SSSR count). The SMILES string of the molecule is CCC(N)C(=O)O.CCCCCC(N)C(=O)O.NCCC(=O)O.NCCCC(=O)O.NCCCCCC(=O)O.O=C(O)N1CCCCC1. The molecular formula is C30H64N6O12. The normalized spacial score (nSPS) is 12.4. The van der Waals surface area contributed by atoms with Crippen molar-refractivity contribution in [3.05, 3.63) is 0 Å². The van der Waals surface area contributed by atoms with Gasteiger partial charge in [-0.15, -0.1) is 0 Å². The van der Waals surface area contributed by atoms with Crippen LogP contribution in [0.1, 0.15) is 110 Å². The molecule has 286 valence electrons. The average Bonchev–Trinajstić information content (AvgIpc) is 3.03. The molecule has 0 bridgehead atoms. The smallest absolute Gasteiger partial charge is 0.407 e. The second-order valence-corrected chi connectivity index (χ2v) is 10.3. The fourth-order valence-corrected chi connectivity index (χ4v) is 2.97. The van der Waals surface area contributed by atoms with Crippen molar-refractivity contribution in [2.75, 3.05) is 32.7 Å². The van der Waals surface area contributed by atoms with E-state index < -0.39 is 48.0 Å². The van der Waals surface area contributed by atoms with E-state index >= 15 is 0 Å². The Kier molecular flexibility index (Phi) is 46.5. The Labute approximate surface area is 284 Å². The van der Waals surface area contributed by atoms with Crippen LogP contribution in [0.5, 0.6) is 0 Å². The molecule has 1 saturated heterocycles. The molecule has 0 saturated carbocycles. The lowest BCUT2D eigenvalue weighted by atomic mass is 10.1. The van der Waals surface area contributed by atoms with Crippen molar-refractivity contribution in [2.45, 2.75) is 122 Å². The Hall–Kier alpha value is -3.58. The summed E-state index contributed by atoms with van der Waals surface area (Å²) in [7, 11) is 0. The number of hydrogen-bond acceptors (Lipinski definition) is 11. The van der Waals surface area contributed by atoms with Crippen LogP contribution < -0.4 is 28.7 Å². The second kappa shape index (κ2) is 41.4. The minimum atomic E-state index is -0.928. The van der Waals surface area contributed by atoms with Gasteiger partial charge in [-0.05, 0) is 64.5 Å². The number of hydrogen-bond donors (Lipinski definition) is 11. The Morgan fingerprint density at radius 2 is 1.02 bits per heavy atom. The third kappa shape index (κ3) is 54.9. The van der Waals surface area contributed by atoms with E-state index in [4.69, 9.17) is 59.3 Å². The predicted molar refractivity (Wildman–Crippen MR) is 181 cm³/mol. The fourth-order valence-electron chi connectivity index (χ4n) is 2.97. The minimum Gasteiger partial charge on any atom is -0.481 e. The van der Waals surface area contributed by atoms with Gasteiger partial charge in [-0.1, -0.05) is 39.5 Å². The third-order valence-electron chi connectivity index (χ3n) is 5.87. The standard InChI is InChI=1S/C7H15NO2.C6H11NO2.C6H13NO2.2C4H9NO2.C3H7NO2/c1-2-3-4-5-6(8)7(9)10;8-6(9)7-4-2-1-3-5-7;7-5-3-1-2-4-6(8)9;1-2-3(5)4(6)7;5-3-1-2-4(6)7;4-2-1-3(5)6/h6H,2-5,8H2,1H3,(H,9,10);1-5H2,(H,8,9);1-5,7H2,(H,8,9);3H,2,5H2,1H3,(H,6,7);1-3,5H2,(H,6,7);1-2,4H2,(H,5,6). The van der Waals surface area contributed by atoms with Crippen molar-refractivity contribution in [3.8, 4) is 0 Å². The first-order chi connectivity index (χ1) is 22.5. The summed E-state index contributed by atoms with van der Waals surface area (Å²) in [6, 6.07) is -1.34. The van der Waals surface area contributed by atoms with E-state index in [0.29, 0.717) is 32.4 Å². The topological polar surface area (TPSA) is 357 Å². The zero-order valence-electron chi connectivity index (χ0n) is 28.8. The second-order valence-electron chi connectivity index (χ2n) is 10.3. The number of aliphatic carboxylic acids is 5. The quantitative estimate of drug-likeness (QED) is 0.0962. The van der Waals surface area contributed by atoms with Crippen LogP contribution in [0.25, 0.3) is 0 Å². The number of amides is 1. The number of unbranched alkanes of at least 4 members (excludes halogenated alkanes) is 4. The predicted octanol–water partition coefficient (Wildman–Crippen LogP) is 1.76. The number of carbonyl (C=O) groups is 6. The van der Waals surface area contributed by atoms with Gasteiger partial charge in [-0.25, -0.2) is 4.79 Å². The van der Waals surface area contributed by atoms with E-state index in [-0.39, 0.29) is 25.8 Å². The van der Waals surface area contributed by atoms with E-state index in [1.807, 2.05) is 0 Å². The summed E-state index contributed by atoms with van der Waals surface area (Å²) in [5.74, 6) is -4.14. The molecule has 0 aliphatic carbocycles. The maximum Gasteiger partial charge on any atom is 0.407 e. The molecule has 1 amide bonds. The van der Waals surface area contributed by atoms with E-state index in [9.17, 15) is 28.8 Å². The fraction of sp³-hybridized carbons (Fsp3) is 0.800. The molecule has 2 atom stereocenters. The number of piperidine rings is 1. The zero-order chi connectivity index (χ0) is 38.3. The van der Waals surface area contributed by atoms with Crippen molar-refractivity contribution < 1.29 is 59.4 Å². The lowest BCUT2D eigenvalue weighted by molar-refractivity contribution is -0.139. The van der Waals surface area contributed by atoms with E-state index in [0.717, 1.165) is 64.5 Å². The Bertz CT molecular complexity index is 815. The van der Waals surface area contributed by atoms with E-state index in [1.165, 1.54) is 11.3 Å². The molecule has 0 spiro atoms. The minimum absolute atomic E-state index is 0.0694. The Morgan fingerprint density at radius 1 is 0.562 bits per heavy atom. The molecule has 18 nitrogen and oxygen atoms in total. The number of rotatable bonds is 17. The van der Waals surface area contributed by atoms with Crippen LogP contribution in [-0.2, 0) is 24.0 Å². The van der Waals surface area contributed by atoms with E-state index in [1.54, 1.807) is 6.92 Å². The van der Waals surface area contributed by atoms with Gasteiger partial charge >= 0.3 is 35.9 Å². The van der Waals surface area contributed by atoms with Crippen molar-refractivity contribution in [3.63, 3.8) is 0 Å². The zero-order valence-corrected chi connectivity index (χ0v) is 28.8. The summed E-state index contributed by atoms with van der Waals surface area (Å²) in [6.45, 7) is 6.64. The van der Waals surface area contributed by atoms with Crippen LogP contribution in [0, 0.1) is 0 Å². The van der Waals surface area contributed by atoms with Gasteiger partial charge in [0.05, 0.1) is 6.42 Å². The molecule has 1 fully saturated rings. The highest BCUT2D eigenvalue weighted by molar-refractivity contribution is 5.73. The largest absolute Gasteiger partial charge is 0.481 e. The monoisotopic (exact) mass is 700 g/mol. The van der Waals surface area contributed by atoms with Crippen molar-refractivity contribution in [2.24, 2.45) is 28.7 Å². The summed E-state index contributed by atoms with van der Waals surface area (Å²) in [5, 5.41) is 48.9. The van der Waals surface area contributed by atoms with Gasteiger partial charge in [0.25, 0.3) is 0 Å². The molecule has 1 aliphatic heterocycles. The summed E-state index contributed by atoms with van der Waals surface area (Å²) < 4.78 is 0. The van der Waals surface area contributed by atoms with Gasteiger partial charge in [0.2, 0.25) is 0 Å². The number of nitrogens with zero attached hydrogens (tertiary/aromatic N) is 1. The van der Waals surface area contributed by atoms with Gasteiger partial charge in [0.1, 0.15) is 12.1 Å². The molecule has 0 aromatic rings. The summed E-state index contributed by atoms with van der Waals surface area (Å²) in [4.78, 5) is 60.9. The first-order valence-electron chi connectivity index (χ1n) is 16.2. The molecule has 1 aliphatic rings. The first-order valence-corrected chi connectivity index (χ1v) is 16.2. The van der Waals surface area contributed by atoms with Crippen LogP contribution in [0.2, 0.25) is 0 Å². The Balaban J connectivity index is -0.000000155. The number of carboxylic acids is 5. The highest BCUT2D eigenvalue weighted by atomic mass is 16.4. The summed E-state index contributed by atoms with van der Waals surface area (Å²) >= 11 is 0. The molecule has 0 aromatic carbocycles. The molecule has 18 heteroatoms. The van der Waals surface area contributed by atoms with Crippen LogP contribution in [0.15, 0.2) is 0 Å². The van der Waals surface area contributed by atoms with Crippen molar-refractivity contribution >= 4 is 35.9 Å². The lowest BCUT2D eigenvalue weighted by Gasteiger charge is -2.22. The number of nitrogens with two attached hydrogens (primary N) is 5. The van der Waals surface area contributed by atoms with Gasteiger partial charge in [-0.2, -0.15) is 0 Å². The number of carboxylic acid groups (broad SMARTS) is 6. The highest BCUT2D eigenvalue weighted by Gasteiger charge is 2.13. The highest BCUT2D eigenvalue weighted by Crippen LogP contribution is 2.07. The van der Waals surface area contributed by atoms with Crippen LogP contribution in [0.4, 0.5) is 4.79 Å². The van der Waals surface area contributed by atoms with E-state index in [2.05, 4.69) is 6.92 Å². The van der Waals surface area contributed by atoms with Crippen LogP contribution in [-0.4, -0.2) is 116 Å². The number of likely N-dealkylation sites (tertiary alicyclic amines) is 1. The molecule has 2 unspecified atom stereocenters. The van der Waals surface area contributed by atoms with Gasteiger partial charge in [-0.3, -0.25) is 24.0 Å². The molecular weight excluding hydrogens is 636 g/mol. The lowest BCUT2D eigenvalue weighted by Crippen LogP contribution is -2.34. The Morgan fingerprint density at radius 3 is 1.27 bits per heavy atom. The van der Waals surface area contributed by atoms with Crippen molar-refractivity contribution in [1.29, 1.82) is 0 Å². The van der Waals surface area contributed by atoms with Gasteiger partial charge in [0, 0.05) is 32.5 Å². The molecule has 1 heterocycles. The summed E-state index contributed by atoms with van der Waals surface area (Å²) in [6.07, 6.45) is 10.4. The first kappa shape index (κ1) is 53.9. The third-order valence-corrected chi connectivity index (χ3v) is 5.87. The summed E-state index contributed by atoms with van der Waals surface area (Å²) in [5.41, 5.74) is 25.3. The van der Waals surface area contributed by atoms with Crippen molar-refractivity contribution in [1.82, 2.24) is 4.90 Å². The van der Waals surface area contributed by atoms with Gasteiger partial charge < -0.3 is 64.2 Å². The van der Waals surface area contributed by atoms with Crippen LogP contribution >= 0.6 is 0 Å². The molecule has 48 heavy (non-hydrogen) atoms. The molecule has 0 aromatic heterocycles. The maximum absolute atomic E-state index is 10.3. The maximum atomic E-state index is 10.3. The van der Waals surface area contributed by atoms with Crippen LogP contribution in [0.3, 0.4) is 0 Å². The molecule has 0 radical (unpaired) electrons. The van der Waals surface area contributed by atoms with Gasteiger partial charge in [0.15, 0.2) is 0 Å². The average molecular weight is 701 g/mol.